The molecule has 0 aliphatic heterocycles. The molecule has 3 rings (SSSR count). The zero-order chi connectivity index (χ0) is 16.4. The SMILES string of the molecule is Cc1csc(-c2cn(CC(=O)Nc3ccc(F)c(Cl)c3)cn2)n1. The fraction of sp³-hybridized carbons (Fsp3) is 0.133. The molecule has 8 heteroatoms. The minimum atomic E-state index is -0.525. The Balaban J connectivity index is 1.66. The van der Waals surface area contributed by atoms with Crippen LogP contribution in [-0.4, -0.2) is 20.4 Å². The molecule has 0 radical (unpaired) electrons. The number of benzene rings is 1. The summed E-state index contributed by atoms with van der Waals surface area (Å²) < 4.78 is 14.7. The minimum Gasteiger partial charge on any atom is -0.327 e. The number of anilines is 1. The van der Waals surface area contributed by atoms with Gasteiger partial charge in [0.25, 0.3) is 0 Å². The third kappa shape index (κ3) is 3.75. The number of aryl methyl sites for hydroxylation is 1. The van der Waals surface area contributed by atoms with Crippen molar-refractivity contribution in [1.29, 1.82) is 0 Å². The molecule has 0 aliphatic carbocycles. The highest BCUT2D eigenvalue weighted by molar-refractivity contribution is 7.13. The first kappa shape index (κ1) is 15.6. The molecule has 0 aliphatic rings. The molecule has 0 fully saturated rings. The van der Waals surface area contributed by atoms with Crippen molar-refractivity contribution >= 4 is 34.5 Å². The largest absolute Gasteiger partial charge is 0.327 e. The van der Waals surface area contributed by atoms with Gasteiger partial charge in [0, 0.05) is 23.0 Å². The van der Waals surface area contributed by atoms with E-state index in [1.165, 1.54) is 29.5 Å². The lowest BCUT2D eigenvalue weighted by Crippen LogP contribution is -2.17. The van der Waals surface area contributed by atoms with E-state index in [1.807, 2.05) is 12.3 Å². The Morgan fingerprint density at radius 2 is 2.30 bits per heavy atom. The van der Waals surface area contributed by atoms with Crippen LogP contribution in [0.3, 0.4) is 0 Å². The third-order valence-electron chi connectivity index (χ3n) is 3.00. The van der Waals surface area contributed by atoms with Crippen molar-refractivity contribution < 1.29 is 9.18 Å². The van der Waals surface area contributed by atoms with Crippen molar-refractivity contribution in [1.82, 2.24) is 14.5 Å². The Hall–Kier alpha value is -2.25. The number of aromatic nitrogens is 3. The summed E-state index contributed by atoms with van der Waals surface area (Å²) in [5.41, 5.74) is 2.10. The van der Waals surface area contributed by atoms with Crippen molar-refractivity contribution in [2.75, 3.05) is 5.32 Å². The lowest BCUT2D eigenvalue weighted by atomic mass is 10.3. The average molecular weight is 351 g/mol. The van der Waals surface area contributed by atoms with Crippen molar-refractivity contribution in [3.63, 3.8) is 0 Å². The molecule has 1 amide bonds. The van der Waals surface area contributed by atoms with Crippen LogP contribution in [0.4, 0.5) is 10.1 Å². The van der Waals surface area contributed by atoms with Gasteiger partial charge in [-0.25, -0.2) is 14.4 Å². The summed E-state index contributed by atoms with van der Waals surface area (Å²) in [5.74, 6) is -0.783. The van der Waals surface area contributed by atoms with Crippen molar-refractivity contribution in [3.05, 3.63) is 52.6 Å². The molecule has 0 saturated heterocycles. The van der Waals surface area contributed by atoms with E-state index in [9.17, 15) is 9.18 Å². The van der Waals surface area contributed by atoms with Gasteiger partial charge in [-0.2, -0.15) is 0 Å². The van der Waals surface area contributed by atoms with Crippen LogP contribution in [0.2, 0.25) is 5.02 Å². The fourth-order valence-corrected chi connectivity index (χ4v) is 2.91. The Labute approximate surface area is 140 Å². The summed E-state index contributed by atoms with van der Waals surface area (Å²) in [6, 6.07) is 4.03. The van der Waals surface area contributed by atoms with E-state index in [2.05, 4.69) is 15.3 Å². The molecular weight excluding hydrogens is 339 g/mol. The van der Waals surface area contributed by atoms with E-state index in [0.717, 1.165) is 16.4 Å². The maximum Gasteiger partial charge on any atom is 0.244 e. The standard InChI is InChI=1S/C15H12ClFN4OS/c1-9-7-23-15(19-9)13-5-21(8-18-13)6-14(22)20-10-2-3-12(17)11(16)4-10/h2-5,7-8H,6H2,1H3,(H,20,22). The van der Waals surface area contributed by atoms with Crippen LogP contribution < -0.4 is 5.32 Å². The van der Waals surface area contributed by atoms with Gasteiger partial charge in [0.05, 0.1) is 11.3 Å². The minimum absolute atomic E-state index is 0.0353. The maximum absolute atomic E-state index is 13.1. The third-order valence-corrected chi connectivity index (χ3v) is 4.27. The highest BCUT2D eigenvalue weighted by atomic mass is 35.5. The summed E-state index contributed by atoms with van der Waals surface area (Å²) in [4.78, 5) is 20.6. The topological polar surface area (TPSA) is 59.8 Å². The van der Waals surface area contributed by atoms with Crippen LogP contribution in [-0.2, 0) is 11.3 Å². The predicted molar refractivity (Wildman–Crippen MR) is 88.1 cm³/mol. The fourth-order valence-electron chi connectivity index (χ4n) is 1.97. The molecule has 1 aromatic carbocycles. The van der Waals surface area contributed by atoms with Crippen molar-refractivity contribution in [3.8, 4) is 10.7 Å². The van der Waals surface area contributed by atoms with Gasteiger partial charge < -0.3 is 9.88 Å². The summed E-state index contributed by atoms with van der Waals surface area (Å²) >= 11 is 7.19. The average Bonchev–Trinajstić information content (AvgIpc) is 3.12. The number of carbonyl (C=O) groups excluding carboxylic acids is 1. The zero-order valence-corrected chi connectivity index (χ0v) is 13.7. The molecule has 2 heterocycles. The van der Waals surface area contributed by atoms with Crippen molar-refractivity contribution in [2.24, 2.45) is 0 Å². The molecule has 3 aromatic rings. The molecule has 23 heavy (non-hydrogen) atoms. The number of hydrogen-bond donors (Lipinski definition) is 1. The van der Waals surface area contributed by atoms with Crippen LogP contribution in [0.25, 0.3) is 10.7 Å². The zero-order valence-electron chi connectivity index (χ0n) is 12.1. The Kier molecular flexibility index (Phi) is 4.40. The number of carbonyl (C=O) groups is 1. The molecule has 0 saturated carbocycles. The van der Waals surface area contributed by atoms with E-state index in [1.54, 1.807) is 17.1 Å². The maximum atomic E-state index is 13.1. The van der Waals surface area contributed by atoms with Crippen LogP contribution >= 0.6 is 22.9 Å². The molecule has 0 bridgehead atoms. The first-order chi connectivity index (χ1) is 11.0. The van der Waals surface area contributed by atoms with Gasteiger partial charge in [0.15, 0.2) is 0 Å². The molecular formula is C15H12ClFN4OS. The quantitative estimate of drug-likeness (QED) is 0.779. The number of nitrogens with one attached hydrogen (secondary N) is 1. The summed E-state index contributed by atoms with van der Waals surface area (Å²) in [7, 11) is 0. The number of nitrogens with zero attached hydrogens (tertiary/aromatic N) is 3. The summed E-state index contributed by atoms with van der Waals surface area (Å²) in [6.45, 7) is 2.00. The van der Waals surface area contributed by atoms with E-state index >= 15 is 0 Å². The second-order valence-electron chi connectivity index (χ2n) is 4.90. The lowest BCUT2D eigenvalue weighted by molar-refractivity contribution is -0.116. The number of amides is 1. The van der Waals surface area contributed by atoms with Crippen LogP contribution in [0.1, 0.15) is 5.69 Å². The molecule has 1 N–H and O–H groups in total. The molecule has 0 unspecified atom stereocenters. The monoisotopic (exact) mass is 350 g/mol. The molecule has 118 valence electrons. The number of imidazole rings is 1. The first-order valence-electron chi connectivity index (χ1n) is 6.70. The van der Waals surface area contributed by atoms with E-state index in [0.29, 0.717) is 5.69 Å². The van der Waals surface area contributed by atoms with Gasteiger partial charge in [0.1, 0.15) is 23.1 Å². The molecule has 2 aromatic heterocycles. The van der Waals surface area contributed by atoms with Gasteiger partial charge in [-0.1, -0.05) is 11.6 Å². The normalized spacial score (nSPS) is 10.7. The Bertz CT molecular complexity index is 861. The summed E-state index contributed by atoms with van der Waals surface area (Å²) in [5, 5.41) is 5.38. The second kappa shape index (κ2) is 6.47. The second-order valence-corrected chi connectivity index (χ2v) is 6.17. The number of hydrogen-bond acceptors (Lipinski definition) is 4. The van der Waals surface area contributed by atoms with Gasteiger partial charge in [-0.3, -0.25) is 4.79 Å². The first-order valence-corrected chi connectivity index (χ1v) is 7.96. The van der Waals surface area contributed by atoms with Gasteiger partial charge in [-0.05, 0) is 25.1 Å². The summed E-state index contributed by atoms with van der Waals surface area (Å²) in [6.07, 6.45) is 3.33. The number of thiazole rings is 1. The number of rotatable bonds is 4. The van der Waals surface area contributed by atoms with E-state index in [4.69, 9.17) is 11.6 Å². The molecule has 0 atom stereocenters. The highest BCUT2D eigenvalue weighted by Gasteiger charge is 2.09. The lowest BCUT2D eigenvalue weighted by Gasteiger charge is -2.06. The molecule has 5 nitrogen and oxygen atoms in total. The predicted octanol–water partition coefficient (Wildman–Crippen LogP) is 3.75. The smallest absolute Gasteiger partial charge is 0.244 e. The molecule has 0 spiro atoms. The van der Waals surface area contributed by atoms with Crippen LogP contribution in [0.5, 0.6) is 0 Å². The van der Waals surface area contributed by atoms with Crippen molar-refractivity contribution in [2.45, 2.75) is 13.5 Å². The van der Waals surface area contributed by atoms with Crippen LogP contribution in [0.15, 0.2) is 36.1 Å². The Morgan fingerprint density at radius 1 is 1.48 bits per heavy atom. The number of halogens is 2. The van der Waals surface area contributed by atoms with Gasteiger partial charge in [-0.15, -0.1) is 11.3 Å². The van der Waals surface area contributed by atoms with Gasteiger partial charge >= 0.3 is 0 Å². The highest BCUT2D eigenvalue weighted by Crippen LogP contribution is 2.22. The van der Waals surface area contributed by atoms with Gasteiger partial charge in [0.2, 0.25) is 5.91 Å². The van der Waals surface area contributed by atoms with Crippen LogP contribution in [0, 0.1) is 12.7 Å². The van der Waals surface area contributed by atoms with E-state index in [-0.39, 0.29) is 17.5 Å². The Morgan fingerprint density at radius 3 is 3.00 bits per heavy atom. The van der Waals surface area contributed by atoms with E-state index < -0.39 is 5.82 Å².